The molecular formula is C24H30FN5O. The van der Waals surface area contributed by atoms with Crippen LogP contribution in [0.1, 0.15) is 24.2 Å². The molecule has 1 aromatic heterocycles. The van der Waals surface area contributed by atoms with Gasteiger partial charge in [0, 0.05) is 37.4 Å². The first-order chi connectivity index (χ1) is 15.2. The predicted octanol–water partition coefficient (Wildman–Crippen LogP) is 3.44. The molecule has 1 unspecified atom stereocenters. The molecule has 1 aliphatic rings. The van der Waals surface area contributed by atoms with Crippen molar-refractivity contribution in [3.8, 4) is 0 Å². The minimum Gasteiger partial charge on any atom is -0.379 e. The van der Waals surface area contributed by atoms with E-state index in [1.54, 1.807) is 0 Å². The van der Waals surface area contributed by atoms with Gasteiger partial charge in [-0.25, -0.2) is 9.38 Å². The van der Waals surface area contributed by atoms with E-state index in [4.69, 9.17) is 9.73 Å². The number of guanidine groups is 1. The van der Waals surface area contributed by atoms with E-state index in [0.29, 0.717) is 26.3 Å². The summed E-state index contributed by atoms with van der Waals surface area (Å²) >= 11 is 0. The molecule has 1 saturated heterocycles. The molecule has 6 nitrogen and oxygen atoms in total. The number of nitrogens with zero attached hydrogens (tertiary/aromatic N) is 2. The molecule has 2 heterocycles. The number of fused-ring (bicyclic) bond motifs is 1. The van der Waals surface area contributed by atoms with Gasteiger partial charge >= 0.3 is 0 Å². The molecule has 2 aromatic carbocycles. The number of rotatable bonds is 7. The van der Waals surface area contributed by atoms with E-state index in [1.807, 2.05) is 24.3 Å². The quantitative estimate of drug-likeness (QED) is 0.402. The molecule has 1 aliphatic heterocycles. The SMILES string of the molecule is CCNC(=NCc1cc2ccccc2[nH]1)NCC(c1ccc(F)cc1)N1CCOCC1. The van der Waals surface area contributed by atoms with Gasteiger partial charge in [-0.1, -0.05) is 30.3 Å². The van der Waals surface area contributed by atoms with Crippen LogP contribution in [0.4, 0.5) is 4.39 Å². The van der Waals surface area contributed by atoms with E-state index in [2.05, 4.69) is 45.6 Å². The number of nitrogens with one attached hydrogen (secondary N) is 3. The van der Waals surface area contributed by atoms with Crippen LogP contribution in [0.25, 0.3) is 10.9 Å². The van der Waals surface area contributed by atoms with Gasteiger partial charge < -0.3 is 20.4 Å². The Morgan fingerprint density at radius 2 is 1.90 bits per heavy atom. The van der Waals surface area contributed by atoms with Crippen molar-refractivity contribution in [2.75, 3.05) is 39.4 Å². The standard InChI is InChI=1S/C24H30FN5O/c1-2-26-24(27-16-21-15-19-5-3-4-6-22(19)29-21)28-17-23(30-11-13-31-14-12-30)18-7-9-20(25)10-8-18/h3-10,15,23,29H,2,11-14,16-17H2,1H3,(H2,26,27,28). The molecule has 0 aliphatic carbocycles. The van der Waals surface area contributed by atoms with Crippen LogP contribution in [0.2, 0.25) is 0 Å². The summed E-state index contributed by atoms with van der Waals surface area (Å²) in [5.41, 5.74) is 3.28. The Balaban J connectivity index is 1.46. The van der Waals surface area contributed by atoms with E-state index < -0.39 is 0 Å². The smallest absolute Gasteiger partial charge is 0.191 e. The third kappa shape index (κ3) is 5.62. The van der Waals surface area contributed by atoms with Crippen LogP contribution in [-0.2, 0) is 11.3 Å². The number of para-hydroxylation sites is 1. The zero-order valence-corrected chi connectivity index (χ0v) is 17.9. The average Bonchev–Trinajstić information content (AvgIpc) is 3.22. The second-order valence-electron chi connectivity index (χ2n) is 7.67. The summed E-state index contributed by atoms with van der Waals surface area (Å²) in [5, 5.41) is 8.00. The zero-order chi connectivity index (χ0) is 21.5. The number of halogens is 1. The van der Waals surface area contributed by atoms with Gasteiger partial charge in [-0.05, 0) is 42.1 Å². The third-order valence-corrected chi connectivity index (χ3v) is 5.54. The van der Waals surface area contributed by atoms with Gasteiger partial charge in [0.25, 0.3) is 0 Å². The molecule has 3 aromatic rings. The number of hydrogen-bond donors (Lipinski definition) is 3. The fourth-order valence-corrected chi connectivity index (χ4v) is 3.95. The van der Waals surface area contributed by atoms with Crippen molar-refractivity contribution in [3.05, 3.63) is 71.7 Å². The number of aromatic nitrogens is 1. The van der Waals surface area contributed by atoms with Crippen LogP contribution in [0.3, 0.4) is 0 Å². The Morgan fingerprint density at radius 3 is 2.65 bits per heavy atom. The molecule has 1 fully saturated rings. The van der Waals surface area contributed by atoms with Crippen molar-refractivity contribution in [1.29, 1.82) is 0 Å². The number of ether oxygens (including phenoxy) is 1. The fourth-order valence-electron chi connectivity index (χ4n) is 3.95. The lowest BCUT2D eigenvalue weighted by Crippen LogP contribution is -2.46. The van der Waals surface area contributed by atoms with Crippen LogP contribution in [0.15, 0.2) is 59.6 Å². The Labute approximate surface area is 182 Å². The minimum atomic E-state index is -0.217. The highest BCUT2D eigenvalue weighted by Crippen LogP contribution is 2.22. The van der Waals surface area contributed by atoms with Crippen molar-refractivity contribution in [3.63, 3.8) is 0 Å². The number of hydrogen-bond acceptors (Lipinski definition) is 3. The molecule has 7 heteroatoms. The highest BCUT2D eigenvalue weighted by Gasteiger charge is 2.23. The summed E-state index contributed by atoms with van der Waals surface area (Å²) < 4.78 is 19.0. The first-order valence-corrected chi connectivity index (χ1v) is 10.9. The van der Waals surface area contributed by atoms with Crippen molar-refractivity contribution >= 4 is 16.9 Å². The number of aromatic amines is 1. The zero-order valence-electron chi connectivity index (χ0n) is 17.9. The van der Waals surface area contributed by atoms with E-state index in [9.17, 15) is 4.39 Å². The maximum absolute atomic E-state index is 13.5. The molecule has 31 heavy (non-hydrogen) atoms. The first-order valence-electron chi connectivity index (χ1n) is 10.9. The Kier molecular flexibility index (Phi) is 7.17. The van der Waals surface area contributed by atoms with Gasteiger partial charge in [0.2, 0.25) is 0 Å². The Hall–Kier alpha value is -2.90. The molecular weight excluding hydrogens is 393 g/mol. The minimum absolute atomic E-state index is 0.112. The lowest BCUT2D eigenvalue weighted by Gasteiger charge is -2.35. The van der Waals surface area contributed by atoms with Crippen LogP contribution in [0, 0.1) is 5.82 Å². The Bertz CT molecular complexity index is 962. The maximum Gasteiger partial charge on any atom is 0.191 e. The summed E-state index contributed by atoms with van der Waals surface area (Å²) in [6.07, 6.45) is 0. The predicted molar refractivity (Wildman–Crippen MR) is 123 cm³/mol. The monoisotopic (exact) mass is 423 g/mol. The van der Waals surface area contributed by atoms with Gasteiger partial charge in [-0.2, -0.15) is 0 Å². The van der Waals surface area contributed by atoms with Crippen LogP contribution in [-0.4, -0.2) is 55.2 Å². The Morgan fingerprint density at radius 1 is 1.13 bits per heavy atom. The second-order valence-corrected chi connectivity index (χ2v) is 7.67. The van der Waals surface area contributed by atoms with Crippen LogP contribution in [0.5, 0.6) is 0 Å². The highest BCUT2D eigenvalue weighted by molar-refractivity contribution is 5.81. The van der Waals surface area contributed by atoms with Crippen LogP contribution >= 0.6 is 0 Å². The average molecular weight is 424 g/mol. The summed E-state index contributed by atoms with van der Waals surface area (Å²) in [7, 11) is 0. The van der Waals surface area contributed by atoms with E-state index in [1.165, 1.54) is 17.5 Å². The number of benzene rings is 2. The molecule has 1 atom stereocenters. The lowest BCUT2D eigenvalue weighted by molar-refractivity contribution is 0.0170. The maximum atomic E-state index is 13.5. The summed E-state index contributed by atoms with van der Waals surface area (Å²) in [5.74, 6) is 0.548. The van der Waals surface area contributed by atoms with Gasteiger partial charge in [-0.3, -0.25) is 4.90 Å². The normalized spacial score (nSPS) is 16.4. The number of aliphatic imine (C=N–C) groups is 1. The molecule has 0 saturated carbocycles. The number of H-pyrrole nitrogens is 1. The lowest BCUT2D eigenvalue weighted by atomic mass is 10.0. The van der Waals surface area contributed by atoms with Crippen LogP contribution < -0.4 is 10.6 Å². The molecule has 3 N–H and O–H groups in total. The molecule has 0 spiro atoms. The second kappa shape index (κ2) is 10.4. The molecule has 0 radical (unpaired) electrons. The fraction of sp³-hybridized carbons (Fsp3) is 0.375. The largest absolute Gasteiger partial charge is 0.379 e. The van der Waals surface area contributed by atoms with Crippen molar-refractivity contribution in [2.24, 2.45) is 4.99 Å². The third-order valence-electron chi connectivity index (χ3n) is 5.54. The molecule has 0 bridgehead atoms. The van der Waals surface area contributed by atoms with E-state index in [0.717, 1.165) is 42.4 Å². The first kappa shape index (κ1) is 21.3. The van der Waals surface area contributed by atoms with Crippen molar-refractivity contribution in [1.82, 2.24) is 20.5 Å². The molecule has 164 valence electrons. The van der Waals surface area contributed by atoms with E-state index >= 15 is 0 Å². The van der Waals surface area contributed by atoms with Crippen molar-refractivity contribution < 1.29 is 9.13 Å². The van der Waals surface area contributed by atoms with E-state index in [-0.39, 0.29) is 11.9 Å². The molecule has 4 rings (SSSR count). The van der Waals surface area contributed by atoms with Gasteiger partial charge in [0.05, 0.1) is 25.8 Å². The summed E-state index contributed by atoms with van der Waals surface area (Å²) in [6.45, 7) is 7.20. The highest BCUT2D eigenvalue weighted by atomic mass is 19.1. The number of morpholine rings is 1. The van der Waals surface area contributed by atoms with Gasteiger partial charge in [0.1, 0.15) is 5.82 Å². The van der Waals surface area contributed by atoms with Gasteiger partial charge in [-0.15, -0.1) is 0 Å². The summed E-state index contributed by atoms with van der Waals surface area (Å²) in [4.78, 5) is 10.6. The van der Waals surface area contributed by atoms with Gasteiger partial charge in [0.15, 0.2) is 5.96 Å². The topological polar surface area (TPSA) is 64.7 Å². The van der Waals surface area contributed by atoms with Crippen molar-refractivity contribution in [2.45, 2.75) is 19.5 Å². The summed E-state index contributed by atoms with van der Waals surface area (Å²) in [6, 6.07) is 17.3. The molecule has 0 amide bonds.